The summed E-state index contributed by atoms with van der Waals surface area (Å²) in [5.41, 5.74) is 6.69. The lowest BCUT2D eigenvalue weighted by molar-refractivity contribution is 0.325. The average Bonchev–Trinajstić information content (AvgIpc) is 2.46. The molecule has 1 aliphatic carbocycles. The van der Waals surface area contributed by atoms with Gasteiger partial charge < -0.3 is 10.2 Å². The van der Waals surface area contributed by atoms with Gasteiger partial charge in [-0.05, 0) is 25.3 Å². The van der Waals surface area contributed by atoms with Crippen LogP contribution in [0, 0.1) is 0 Å². The zero-order chi connectivity index (χ0) is 10.8. The van der Waals surface area contributed by atoms with Gasteiger partial charge >= 0.3 is 0 Å². The van der Waals surface area contributed by atoms with Gasteiger partial charge in [0.15, 0.2) is 5.89 Å². The molecule has 0 aliphatic heterocycles. The van der Waals surface area contributed by atoms with Crippen molar-refractivity contribution in [2.24, 2.45) is 5.73 Å². The summed E-state index contributed by atoms with van der Waals surface area (Å²) >= 11 is 0. The van der Waals surface area contributed by atoms with Crippen LogP contribution in [0.2, 0.25) is 0 Å². The first-order valence-electron chi connectivity index (χ1n) is 5.92. The van der Waals surface area contributed by atoms with Gasteiger partial charge in [-0.3, -0.25) is 0 Å². The molecule has 3 heteroatoms. The molecule has 1 aromatic heterocycles. The summed E-state index contributed by atoms with van der Waals surface area (Å²) in [6.07, 6.45) is 4.60. The minimum atomic E-state index is 0.434. The molecule has 1 saturated carbocycles. The number of aromatic nitrogens is 1. The van der Waals surface area contributed by atoms with E-state index >= 15 is 0 Å². The molecule has 0 unspecified atom stereocenters. The van der Waals surface area contributed by atoms with Crippen LogP contribution in [0.5, 0.6) is 0 Å². The van der Waals surface area contributed by atoms with Crippen molar-refractivity contribution in [1.29, 1.82) is 0 Å². The van der Waals surface area contributed by atoms with Crippen LogP contribution in [-0.2, 0) is 6.42 Å². The Kier molecular flexibility index (Phi) is 3.10. The molecule has 0 bridgehead atoms. The van der Waals surface area contributed by atoms with E-state index in [1.807, 2.05) is 0 Å². The Balaban J connectivity index is 2.22. The first kappa shape index (κ1) is 10.7. The Bertz CT molecular complexity index is 326. The van der Waals surface area contributed by atoms with Crippen molar-refractivity contribution in [2.75, 3.05) is 6.54 Å². The lowest BCUT2D eigenvalue weighted by Crippen LogP contribution is -2.09. The highest BCUT2D eigenvalue weighted by Gasteiger charge is 2.26. The number of hydrogen-bond acceptors (Lipinski definition) is 3. The van der Waals surface area contributed by atoms with Gasteiger partial charge in [0.2, 0.25) is 0 Å². The van der Waals surface area contributed by atoms with Gasteiger partial charge in [-0.25, -0.2) is 4.98 Å². The van der Waals surface area contributed by atoms with Crippen molar-refractivity contribution in [3.05, 3.63) is 17.3 Å². The van der Waals surface area contributed by atoms with E-state index in [4.69, 9.17) is 10.2 Å². The smallest absolute Gasteiger partial charge is 0.197 e. The lowest BCUT2D eigenvalue weighted by Gasteiger charge is -2.21. The molecule has 84 valence electrons. The molecule has 1 aliphatic rings. The number of hydrogen-bond donors (Lipinski definition) is 1. The van der Waals surface area contributed by atoms with E-state index in [1.165, 1.54) is 19.3 Å². The van der Waals surface area contributed by atoms with Crippen molar-refractivity contribution in [1.82, 2.24) is 4.98 Å². The van der Waals surface area contributed by atoms with Crippen LogP contribution in [0.25, 0.3) is 0 Å². The fraction of sp³-hybridized carbons (Fsp3) is 0.750. The molecule has 15 heavy (non-hydrogen) atoms. The second-order valence-electron chi connectivity index (χ2n) is 4.68. The van der Waals surface area contributed by atoms with Gasteiger partial charge in [-0.1, -0.05) is 20.3 Å². The molecule has 0 aromatic carbocycles. The minimum absolute atomic E-state index is 0.434. The third-order valence-corrected chi connectivity index (χ3v) is 3.12. The molecule has 1 fully saturated rings. The van der Waals surface area contributed by atoms with Crippen molar-refractivity contribution >= 4 is 0 Å². The molecule has 1 heterocycles. The van der Waals surface area contributed by atoms with Crippen LogP contribution in [0.1, 0.15) is 62.3 Å². The van der Waals surface area contributed by atoms with E-state index in [-0.39, 0.29) is 0 Å². The largest absolute Gasteiger partial charge is 0.445 e. The van der Waals surface area contributed by atoms with Gasteiger partial charge in [0.05, 0.1) is 5.69 Å². The van der Waals surface area contributed by atoms with Crippen LogP contribution in [-0.4, -0.2) is 11.5 Å². The highest BCUT2D eigenvalue weighted by molar-refractivity contribution is 5.16. The van der Waals surface area contributed by atoms with Crippen LogP contribution in [0.3, 0.4) is 0 Å². The Morgan fingerprint density at radius 3 is 2.67 bits per heavy atom. The number of nitrogens with zero attached hydrogens (tertiary/aromatic N) is 1. The minimum Gasteiger partial charge on any atom is -0.445 e. The number of rotatable bonds is 4. The number of oxazole rings is 1. The van der Waals surface area contributed by atoms with Gasteiger partial charge in [-0.2, -0.15) is 0 Å². The third kappa shape index (κ3) is 2.07. The van der Waals surface area contributed by atoms with E-state index in [1.54, 1.807) is 0 Å². The van der Waals surface area contributed by atoms with Crippen LogP contribution >= 0.6 is 0 Å². The topological polar surface area (TPSA) is 52.0 Å². The predicted molar refractivity (Wildman–Crippen MR) is 59.9 cm³/mol. The number of nitrogens with two attached hydrogens (primary N) is 1. The van der Waals surface area contributed by atoms with Gasteiger partial charge in [0.25, 0.3) is 0 Å². The molecular weight excluding hydrogens is 188 g/mol. The molecule has 0 radical (unpaired) electrons. The molecule has 0 atom stereocenters. The maximum absolute atomic E-state index is 5.83. The fourth-order valence-electron chi connectivity index (χ4n) is 1.97. The van der Waals surface area contributed by atoms with Crippen molar-refractivity contribution in [3.63, 3.8) is 0 Å². The van der Waals surface area contributed by atoms with E-state index in [0.29, 0.717) is 18.4 Å². The SMILES string of the molecule is CC(C)c1nc(C2CCC2)oc1CCN. The Morgan fingerprint density at radius 2 is 2.20 bits per heavy atom. The van der Waals surface area contributed by atoms with Gasteiger partial charge in [0.1, 0.15) is 5.76 Å². The summed E-state index contributed by atoms with van der Waals surface area (Å²) in [4.78, 5) is 4.63. The molecule has 3 nitrogen and oxygen atoms in total. The average molecular weight is 208 g/mol. The maximum atomic E-state index is 5.83. The normalized spacial score (nSPS) is 17.1. The summed E-state index contributed by atoms with van der Waals surface area (Å²) < 4.78 is 5.83. The molecular formula is C12H20N2O. The first-order valence-corrected chi connectivity index (χ1v) is 5.92. The highest BCUT2D eigenvalue weighted by Crippen LogP contribution is 2.37. The zero-order valence-electron chi connectivity index (χ0n) is 9.62. The Labute approximate surface area is 91.1 Å². The second kappa shape index (κ2) is 4.35. The lowest BCUT2D eigenvalue weighted by atomic mass is 9.85. The van der Waals surface area contributed by atoms with Crippen molar-refractivity contribution in [2.45, 2.75) is 51.4 Å². The van der Waals surface area contributed by atoms with Crippen LogP contribution in [0.4, 0.5) is 0 Å². The van der Waals surface area contributed by atoms with Crippen LogP contribution in [0.15, 0.2) is 4.42 Å². The zero-order valence-corrected chi connectivity index (χ0v) is 9.62. The Morgan fingerprint density at radius 1 is 1.47 bits per heavy atom. The van der Waals surface area contributed by atoms with E-state index < -0.39 is 0 Å². The molecule has 0 amide bonds. The van der Waals surface area contributed by atoms with Crippen molar-refractivity contribution < 1.29 is 4.42 Å². The molecule has 0 saturated heterocycles. The summed E-state index contributed by atoms with van der Waals surface area (Å²) in [7, 11) is 0. The van der Waals surface area contributed by atoms with E-state index in [0.717, 1.165) is 23.8 Å². The monoisotopic (exact) mass is 208 g/mol. The van der Waals surface area contributed by atoms with Crippen LogP contribution < -0.4 is 5.73 Å². The second-order valence-corrected chi connectivity index (χ2v) is 4.68. The fourth-order valence-corrected chi connectivity index (χ4v) is 1.97. The highest BCUT2D eigenvalue weighted by atomic mass is 16.4. The van der Waals surface area contributed by atoms with Gasteiger partial charge in [-0.15, -0.1) is 0 Å². The summed E-state index contributed by atoms with van der Waals surface area (Å²) in [5, 5.41) is 0. The molecule has 1 aromatic rings. The first-order chi connectivity index (χ1) is 7.22. The molecule has 2 N–H and O–H groups in total. The summed E-state index contributed by atoms with van der Waals surface area (Å²) in [6.45, 7) is 4.95. The van der Waals surface area contributed by atoms with E-state index in [2.05, 4.69) is 18.8 Å². The van der Waals surface area contributed by atoms with E-state index in [9.17, 15) is 0 Å². The molecule has 0 spiro atoms. The molecule has 2 rings (SSSR count). The third-order valence-electron chi connectivity index (χ3n) is 3.12. The Hall–Kier alpha value is -0.830. The maximum Gasteiger partial charge on any atom is 0.197 e. The summed E-state index contributed by atoms with van der Waals surface area (Å²) in [6, 6.07) is 0. The van der Waals surface area contributed by atoms with Crippen molar-refractivity contribution in [3.8, 4) is 0 Å². The quantitative estimate of drug-likeness (QED) is 0.827. The predicted octanol–water partition coefficient (Wildman–Crippen LogP) is 2.57. The van der Waals surface area contributed by atoms with Gasteiger partial charge in [0, 0.05) is 12.3 Å². The summed E-state index contributed by atoms with van der Waals surface area (Å²) in [5.74, 6) is 2.97. The standard InChI is InChI=1S/C12H20N2O/c1-8(2)11-10(6-7-13)15-12(14-11)9-4-3-5-9/h8-9H,3-7,13H2,1-2H3.